The molecule has 1 heterocycles. The van der Waals surface area contributed by atoms with Gasteiger partial charge in [-0.1, -0.05) is 66.8 Å². The highest BCUT2D eigenvalue weighted by molar-refractivity contribution is 8.01. The van der Waals surface area contributed by atoms with Crippen LogP contribution in [0.2, 0.25) is 0 Å². The molecular formula is C16H20N4O2S2. The van der Waals surface area contributed by atoms with E-state index in [0.29, 0.717) is 22.4 Å². The number of hydrogen-bond acceptors (Lipinski definition) is 6. The molecule has 1 aromatic heterocycles. The Hall–Kier alpha value is -1.93. The highest BCUT2D eigenvalue weighted by Crippen LogP contribution is 2.25. The summed E-state index contributed by atoms with van der Waals surface area (Å²) in [5, 5.41) is 14.0. The zero-order chi connectivity index (χ0) is 17.2. The second-order valence-electron chi connectivity index (χ2n) is 5.08. The number of carbonyl (C=O) groups excluding carboxylic acids is 2. The molecule has 0 unspecified atom stereocenters. The number of amides is 2. The van der Waals surface area contributed by atoms with E-state index in [2.05, 4.69) is 20.8 Å². The van der Waals surface area contributed by atoms with Gasteiger partial charge in [-0.15, -0.1) is 10.2 Å². The Balaban J connectivity index is 1.70. The Kier molecular flexibility index (Phi) is 7.70. The van der Waals surface area contributed by atoms with Crippen LogP contribution in [-0.4, -0.2) is 27.8 Å². The fourth-order valence-corrected chi connectivity index (χ4v) is 3.41. The van der Waals surface area contributed by atoms with Gasteiger partial charge in [0.25, 0.3) is 0 Å². The van der Waals surface area contributed by atoms with Crippen LogP contribution in [-0.2, 0) is 16.1 Å². The predicted molar refractivity (Wildman–Crippen MR) is 97.1 cm³/mol. The molecule has 2 amide bonds. The van der Waals surface area contributed by atoms with Crippen LogP contribution in [0, 0.1) is 0 Å². The second kappa shape index (κ2) is 10.0. The minimum Gasteiger partial charge on any atom is -0.351 e. The maximum absolute atomic E-state index is 11.8. The van der Waals surface area contributed by atoms with E-state index in [9.17, 15) is 9.59 Å². The van der Waals surface area contributed by atoms with Crippen LogP contribution in [0.25, 0.3) is 0 Å². The quantitative estimate of drug-likeness (QED) is 0.528. The van der Waals surface area contributed by atoms with E-state index in [-0.39, 0.29) is 17.6 Å². The van der Waals surface area contributed by atoms with Crippen molar-refractivity contribution in [2.45, 2.75) is 37.1 Å². The van der Waals surface area contributed by atoms with Crippen molar-refractivity contribution in [3.63, 3.8) is 0 Å². The summed E-state index contributed by atoms with van der Waals surface area (Å²) in [6.07, 6.45) is 2.32. The number of hydrogen-bond donors (Lipinski definition) is 2. The standard InChI is InChI=1S/C16H20N4O2S2/c1-2-3-9-13(21)18-15-19-20-16(24-15)23-11-14(22)17-10-12-7-5-4-6-8-12/h4-8H,2-3,9-11H2,1H3,(H,17,22)(H,18,19,21). The molecule has 0 radical (unpaired) electrons. The lowest BCUT2D eigenvalue weighted by molar-refractivity contribution is -0.118. The molecule has 24 heavy (non-hydrogen) atoms. The first kappa shape index (κ1) is 18.4. The highest BCUT2D eigenvalue weighted by Gasteiger charge is 2.10. The van der Waals surface area contributed by atoms with Crippen molar-refractivity contribution in [1.82, 2.24) is 15.5 Å². The van der Waals surface area contributed by atoms with Gasteiger partial charge in [0.2, 0.25) is 16.9 Å². The number of rotatable bonds is 9. The maximum atomic E-state index is 11.8. The van der Waals surface area contributed by atoms with Gasteiger partial charge in [0.1, 0.15) is 0 Å². The van der Waals surface area contributed by atoms with Gasteiger partial charge in [0.05, 0.1) is 5.75 Å². The summed E-state index contributed by atoms with van der Waals surface area (Å²) in [4.78, 5) is 23.5. The number of aromatic nitrogens is 2. The molecule has 0 saturated heterocycles. The fourth-order valence-electron chi connectivity index (χ4n) is 1.81. The predicted octanol–water partition coefficient (Wildman–Crippen LogP) is 3.08. The molecule has 8 heteroatoms. The Morgan fingerprint density at radius 1 is 1.17 bits per heavy atom. The van der Waals surface area contributed by atoms with E-state index in [1.807, 2.05) is 37.3 Å². The highest BCUT2D eigenvalue weighted by atomic mass is 32.2. The van der Waals surface area contributed by atoms with Crippen LogP contribution in [0.3, 0.4) is 0 Å². The van der Waals surface area contributed by atoms with Crippen molar-refractivity contribution in [1.29, 1.82) is 0 Å². The molecule has 0 spiro atoms. The van der Waals surface area contributed by atoms with Crippen LogP contribution in [0.5, 0.6) is 0 Å². The monoisotopic (exact) mass is 364 g/mol. The van der Waals surface area contributed by atoms with Crippen molar-refractivity contribution in [3.05, 3.63) is 35.9 Å². The Bertz CT molecular complexity index is 661. The Morgan fingerprint density at radius 3 is 2.71 bits per heavy atom. The summed E-state index contributed by atoms with van der Waals surface area (Å²) in [5.74, 6) is 0.156. The third-order valence-corrected chi connectivity index (χ3v) is 5.04. The molecule has 2 aromatic rings. The molecule has 0 saturated carbocycles. The Labute approximate surface area is 149 Å². The fraction of sp³-hybridized carbons (Fsp3) is 0.375. The van der Waals surface area contributed by atoms with Gasteiger partial charge in [-0.3, -0.25) is 9.59 Å². The van der Waals surface area contributed by atoms with Crippen molar-refractivity contribution in [2.24, 2.45) is 0 Å². The van der Waals surface area contributed by atoms with E-state index >= 15 is 0 Å². The number of anilines is 1. The van der Waals surface area contributed by atoms with E-state index in [1.54, 1.807) is 0 Å². The molecule has 0 fully saturated rings. The van der Waals surface area contributed by atoms with E-state index in [1.165, 1.54) is 23.1 Å². The summed E-state index contributed by atoms with van der Waals surface area (Å²) in [7, 11) is 0. The number of thioether (sulfide) groups is 1. The third kappa shape index (κ3) is 6.67. The number of unbranched alkanes of at least 4 members (excludes halogenated alkanes) is 1. The molecule has 0 aliphatic heterocycles. The lowest BCUT2D eigenvalue weighted by Gasteiger charge is -2.03. The van der Waals surface area contributed by atoms with Crippen molar-refractivity contribution >= 4 is 40.0 Å². The van der Waals surface area contributed by atoms with Gasteiger partial charge in [-0.05, 0) is 12.0 Å². The average molecular weight is 364 g/mol. The summed E-state index contributed by atoms with van der Waals surface area (Å²) in [6.45, 7) is 2.55. The lowest BCUT2D eigenvalue weighted by atomic mass is 10.2. The van der Waals surface area contributed by atoms with Gasteiger partial charge < -0.3 is 10.6 Å². The molecule has 0 aliphatic rings. The van der Waals surface area contributed by atoms with Crippen molar-refractivity contribution < 1.29 is 9.59 Å². The smallest absolute Gasteiger partial charge is 0.230 e. The zero-order valence-electron chi connectivity index (χ0n) is 13.4. The summed E-state index contributed by atoms with van der Waals surface area (Å²) in [6, 6.07) is 9.74. The molecule has 2 rings (SSSR count). The number of benzene rings is 1. The minimum atomic E-state index is -0.0624. The Morgan fingerprint density at radius 2 is 1.96 bits per heavy atom. The average Bonchev–Trinajstić information content (AvgIpc) is 3.04. The SMILES string of the molecule is CCCCC(=O)Nc1nnc(SCC(=O)NCc2ccccc2)s1. The maximum Gasteiger partial charge on any atom is 0.230 e. The molecule has 0 bridgehead atoms. The van der Waals surface area contributed by atoms with E-state index in [4.69, 9.17) is 0 Å². The number of nitrogens with one attached hydrogen (secondary N) is 2. The number of carbonyl (C=O) groups is 2. The van der Waals surface area contributed by atoms with E-state index in [0.717, 1.165) is 18.4 Å². The zero-order valence-corrected chi connectivity index (χ0v) is 15.1. The molecule has 2 N–H and O–H groups in total. The molecule has 0 aliphatic carbocycles. The summed E-state index contributed by atoms with van der Waals surface area (Å²) >= 11 is 2.59. The topological polar surface area (TPSA) is 84.0 Å². The van der Waals surface area contributed by atoms with Crippen molar-refractivity contribution in [2.75, 3.05) is 11.1 Å². The third-order valence-electron chi connectivity index (χ3n) is 3.07. The summed E-state index contributed by atoms with van der Waals surface area (Å²) in [5.41, 5.74) is 1.06. The van der Waals surface area contributed by atoms with Crippen LogP contribution in [0.4, 0.5) is 5.13 Å². The van der Waals surface area contributed by atoms with Crippen LogP contribution >= 0.6 is 23.1 Å². The van der Waals surface area contributed by atoms with Gasteiger partial charge in [0, 0.05) is 13.0 Å². The molecule has 128 valence electrons. The molecule has 6 nitrogen and oxygen atoms in total. The second-order valence-corrected chi connectivity index (χ2v) is 7.28. The first-order valence-corrected chi connectivity index (χ1v) is 9.54. The molecular weight excluding hydrogens is 344 g/mol. The van der Waals surface area contributed by atoms with Crippen LogP contribution in [0.1, 0.15) is 31.7 Å². The van der Waals surface area contributed by atoms with Gasteiger partial charge in [-0.2, -0.15) is 0 Å². The first-order chi connectivity index (χ1) is 11.7. The summed E-state index contributed by atoms with van der Waals surface area (Å²) < 4.78 is 0.663. The van der Waals surface area contributed by atoms with Crippen LogP contribution < -0.4 is 10.6 Å². The first-order valence-electron chi connectivity index (χ1n) is 7.74. The van der Waals surface area contributed by atoms with Crippen molar-refractivity contribution in [3.8, 4) is 0 Å². The van der Waals surface area contributed by atoms with Gasteiger partial charge in [0.15, 0.2) is 4.34 Å². The lowest BCUT2D eigenvalue weighted by Crippen LogP contribution is -2.24. The molecule has 1 aromatic carbocycles. The van der Waals surface area contributed by atoms with Gasteiger partial charge >= 0.3 is 0 Å². The minimum absolute atomic E-state index is 0.0508. The normalized spacial score (nSPS) is 10.4. The largest absolute Gasteiger partial charge is 0.351 e. The van der Waals surface area contributed by atoms with Gasteiger partial charge in [-0.25, -0.2) is 0 Å². The van der Waals surface area contributed by atoms with E-state index < -0.39 is 0 Å². The molecule has 0 atom stereocenters. The van der Waals surface area contributed by atoms with Crippen LogP contribution in [0.15, 0.2) is 34.7 Å². The number of nitrogens with zero attached hydrogens (tertiary/aromatic N) is 2.